The quantitative estimate of drug-likeness (QED) is 0.790. The zero-order chi connectivity index (χ0) is 16.5. The van der Waals surface area contributed by atoms with Gasteiger partial charge >= 0.3 is 0 Å². The van der Waals surface area contributed by atoms with Crippen molar-refractivity contribution in [3.63, 3.8) is 0 Å². The van der Waals surface area contributed by atoms with Crippen molar-refractivity contribution in [3.05, 3.63) is 64.7 Å². The van der Waals surface area contributed by atoms with Gasteiger partial charge in [-0.25, -0.2) is 4.68 Å². The number of methoxy groups -OCH3 is 1. The first-order chi connectivity index (χ1) is 11.7. The van der Waals surface area contributed by atoms with Crippen LogP contribution in [0.2, 0.25) is 5.02 Å². The van der Waals surface area contributed by atoms with Gasteiger partial charge in [-0.1, -0.05) is 41.0 Å². The number of anilines is 1. The van der Waals surface area contributed by atoms with Crippen LogP contribution in [0.25, 0.3) is 0 Å². The number of halogens is 1. The summed E-state index contributed by atoms with van der Waals surface area (Å²) in [4.78, 5) is 0. The minimum absolute atomic E-state index is 0.0561. The first-order valence-electron chi connectivity index (χ1n) is 7.68. The zero-order valence-electron chi connectivity index (χ0n) is 13.1. The average Bonchev–Trinajstić information content (AvgIpc) is 3.10. The van der Waals surface area contributed by atoms with E-state index in [1.807, 2.05) is 41.1 Å². The van der Waals surface area contributed by atoms with Gasteiger partial charge < -0.3 is 10.1 Å². The lowest BCUT2D eigenvalue weighted by Gasteiger charge is -2.31. The van der Waals surface area contributed by atoms with Crippen LogP contribution in [0.5, 0.6) is 5.75 Å². The summed E-state index contributed by atoms with van der Waals surface area (Å²) in [7, 11) is 1.67. The molecule has 0 saturated heterocycles. The number of rotatable bonds is 3. The molecule has 1 aromatic heterocycles. The molecule has 2 aromatic carbocycles. The van der Waals surface area contributed by atoms with Crippen LogP contribution in [-0.4, -0.2) is 27.3 Å². The number of aromatic nitrogens is 4. The fourth-order valence-electron chi connectivity index (χ4n) is 3.05. The number of benzene rings is 2. The van der Waals surface area contributed by atoms with Gasteiger partial charge in [-0.2, -0.15) is 0 Å². The molecule has 1 N–H and O–H groups in total. The van der Waals surface area contributed by atoms with Crippen LogP contribution in [0, 0.1) is 0 Å². The number of fused-ring (bicyclic) bond motifs is 1. The van der Waals surface area contributed by atoms with Crippen molar-refractivity contribution in [1.82, 2.24) is 20.2 Å². The van der Waals surface area contributed by atoms with Crippen LogP contribution in [0.15, 0.2) is 48.5 Å². The smallest absolute Gasteiger partial charge is 0.243 e. The minimum Gasteiger partial charge on any atom is -0.497 e. The summed E-state index contributed by atoms with van der Waals surface area (Å²) in [5.74, 6) is 1.51. The third kappa shape index (κ3) is 2.69. The number of ether oxygens (including phenoxy) is 1. The summed E-state index contributed by atoms with van der Waals surface area (Å²) in [6.45, 7) is 0. The van der Waals surface area contributed by atoms with Gasteiger partial charge in [-0.3, -0.25) is 0 Å². The Kier molecular flexibility index (Phi) is 3.82. The third-order valence-electron chi connectivity index (χ3n) is 4.32. The van der Waals surface area contributed by atoms with Crippen LogP contribution < -0.4 is 10.1 Å². The molecule has 7 heteroatoms. The van der Waals surface area contributed by atoms with Crippen molar-refractivity contribution >= 4 is 17.5 Å². The summed E-state index contributed by atoms with van der Waals surface area (Å²) in [6, 6.07) is 16.1. The average molecular weight is 342 g/mol. The van der Waals surface area contributed by atoms with Crippen molar-refractivity contribution < 1.29 is 4.74 Å². The van der Waals surface area contributed by atoms with E-state index in [1.165, 1.54) is 5.56 Å². The Hall–Kier alpha value is -2.60. The van der Waals surface area contributed by atoms with Crippen molar-refractivity contribution in [2.24, 2.45) is 0 Å². The second-order valence-corrected chi connectivity index (χ2v) is 6.16. The van der Waals surface area contributed by atoms with E-state index in [0.29, 0.717) is 5.95 Å². The second-order valence-electron chi connectivity index (χ2n) is 5.72. The van der Waals surface area contributed by atoms with Crippen LogP contribution in [0.1, 0.15) is 29.6 Å². The molecule has 1 aliphatic heterocycles. The molecule has 0 saturated carbocycles. The fraction of sp³-hybridized carbons (Fsp3) is 0.235. The summed E-state index contributed by atoms with van der Waals surface area (Å²) >= 11 is 6.01. The van der Waals surface area contributed by atoms with Crippen LogP contribution in [0.4, 0.5) is 5.95 Å². The van der Waals surface area contributed by atoms with Gasteiger partial charge in [0.1, 0.15) is 5.75 Å². The van der Waals surface area contributed by atoms with Crippen LogP contribution >= 0.6 is 11.6 Å². The number of nitrogens with one attached hydrogen (secondary N) is 1. The van der Waals surface area contributed by atoms with E-state index in [1.54, 1.807) is 7.11 Å². The highest BCUT2D eigenvalue weighted by Gasteiger charge is 2.30. The molecule has 2 heterocycles. The van der Waals surface area contributed by atoms with Crippen molar-refractivity contribution in [3.8, 4) is 5.75 Å². The van der Waals surface area contributed by atoms with Crippen LogP contribution in [-0.2, 0) is 0 Å². The van der Waals surface area contributed by atoms with Gasteiger partial charge in [0.05, 0.1) is 19.2 Å². The van der Waals surface area contributed by atoms with Gasteiger partial charge in [-0.05, 0) is 52.2 Å². The molecule has 1 aliphatic rings. The second kappa shape index (κ2) is 6.13. The minimum atomic E-state index is 0.0561. The highest BCUT2D eigenvalue weighted by molar-refractivity contribution is 6.30. The normalized spacial score (nSPS) is 19.4. The Labute approximate surface area is 144 Å². The predicted molar refractivity (Wildman–Crippen MR) is 91.4 cm³/mol. The van der Waals surface area contributed by atoms with Gasteiger partial charge in [-0.15, -0.1) is 0 Å². The van der Waals surface area contributed by atoms with E-state index >= 15 is 0 Å². The van der Waals surface area contributed by atoms with E-state index in [2.05, 4.69) is 33.0 Å². The van der Waals surface area contributed by atoms with E-state index in [-0.39, 0.29) is 12.1 Å². The van der Waals surface area contributed by atoms with E-state index in [0.717, 1.165) is 22.8 Å². The van der Waals surface area contributed by atoms with Crippen molar-refractivity contribution in [2.45, 2.75) is 18.5 Å². The highest BCUT2D eigenvalue weighted by Crippen LogP contribution is 2.37. The summed E-state index contributed by atoms with van der Waals surface area (Å²) in [5.41, 5.74) is 2.30. The highest BCUT2D eigenvalue weighted by atomic mass is 35.5. The maximum Gasteiger partial charge on any atom is 0.243 e. The molecule has 2 unspecified atom stereocenters. The summed E-state index contributed by atoms with van der Waals surface area (Å²) in [6.07, 6.45) is 0.839. The topological polar surface area (TPSA) is 64.9 Å². The maximum atomic E-state index is 6.01. The van der Waals surface area contributed by atoms with Crippen LogP contribution in [0.3, 0.4) is 0 Å². The first-order valence-corrected chi connectivity index (χ1v) is 8.06. The predicted octanol–water partition coefficient (Wildman–Crippen LogP) is 3.48. The largest absolute Gasteiger partial charge is 0.497 e. The number of hydrogen-bond acceptors (Lipinski definition) is 5. The maximum absolute atomic E-state index is 6.01. The molecule has 0 bridgehead atoms. The third-order valence-corrected chi connectivity index (χ3v) is 4.58. The van der Waals surface area contributed by atoms with Gasteiger partial charge in [0.25, 0.3) is 0 Å². The molecule has 0 amide bonds. The number of nitrogens with zero attached hydrogens (tertiary/aromatic N) is 4. The summed E-state index contributed by atoms with van der Waals surface area (Å²) in [5, 5.41) is 16.2. The Morgan fingerprint density at radius 2 is 1.79 bits per heavy atom. The Morgan fingerprint density at radius 3 is 2.50 bits per heavy atom. The molecule has 0 spiro atoms. The lowest BCUT2D eigenvalue weighted by molar-refractivity contribution is 0.412. The Morgan fingerprint density at radius 1 is 1.08 bits per heavy atom. The monoisotopic (exact) mass is 341 g/mol. The molecule has 122 valence electrons. The first kappa shape index (κ1) is 15.0. The molecule has 24 heavy (non-hydrogen) atoms. The Balaban J connectivity index is 1.68. The Bertz CT molecular complexity index is 831. The number of tetrazole rings is 1. The summed E-state index contributed by atoms with van der Waals surface area (Å²) < 4.78 is 7.06. The standard InChI is InChI=1S/C17H16ClN5O/c1-24-14-8-4-11(5-9-14)15-10-16(12-2-6-13(18)7-3-12)23-17(19-15)20-21-22-23/h2-9,15-16H,10H2,1H3,(H,19,20,22). The molecule has 0 aliphatic carbocycles. The van der Waals surface area contributed by atoms with Gasteiger partial charge in [0.2, 0.25) is 5.95 Å². The lowest BCUT2D eigenvalue weighted by Crippen LogP contribution is -2.28. The van der Waals surface area contributed by atoms with E-state index in [9.17, 15) is 0 Å². The molecule has 3 aromatic rings. The molecular weight excluding hydrogens is 326 g/mol. The molecule has 0 radical (unpaired) electrons. The SMILES string of the molecule is COc1ccc(C2CC(c3ccc(Cl)cc3)n3nnnc3N2)cc1. The van der Waals surface area contributed by atoms with Crippen molar-refractivity contribution in [1.29, 1.82) is 0 Å². The molecule has 0 fully saturated rings. The molecule has 2 atom stereocenters. The fourth-order valence-corrected chi connectivity index (χ4v) is 3.18. The van der Waals surface area contributed by atoms with Gasteiger partial charge in [0, 0.05) is 5.02 Å². The zero-order valence-corrected chi connectivity index (χ0v) is 13.8. The van der Waals surface area contributed by atoms with E-state index in [4.69, 9.17) is 16.3 Å². The van der Waals surface area contributed by atoms with E-state index < -0.39 is 0 Å². The lowest BCUT2D eigenvalue weighted by atomic mass is 9.93. The molecule has 4 rings (SSSR count). The molecule has 6 nitrogen and oxygen atoms in total. The van der Waals surface area contributed by atoms with Gasteiger partial charge in [0.15, 0.2) is 0 Å². The van der Waals surface area contributed by atoms with Crippen molar-refractivity contribution in [2.75, 3.05) is 12.4 Å². The molecular formula is C17H16ClN5O. The number of hydrogen-bond donors (Lipinski definition) is 1.